The topological polar surface area (TPSA) is 67.9 Å². The molecule has 1 saturated heterocycles. The lowest BCUT2D eigenvalue weighted by molar-refractivity contribution is -0.123. The Kier molecular flexibility index (Phi) is 7.45. The van der Waals surface area contributed by atoms with Gasteiger partial charge >= 0.3 is 6.03 Å². The fourth-order valence-electron chi connectivity index (χ4n) is 3.54. The van der Waals surface area contributed by atoms with Crippen molar-refractivity contribution in [2.75, 3.05) is 6.61 Å². The second kappa shape index (κ2) is 10.7. The molecule has 3 aromatic rings. The second-order valence-corrected chi connectivity index (χ2v) is 8.51. The summed E-state index contributed by atoms with van der Waals surface area (Å²) in [5, 5.41) is 2.53. The lowest BCUT2D eigenvalue weighted by atomic mass is 10.1. The van der Waals surface area contributed by atoms with Crippen LogP contribution in [0.15, 0.2) is 70.8 Å². The van der Waals surface area contributed by atoms with Crippen molar-refractivity contribution in [3.63, 3.8) is 0 Å². The summed E-state index contributed by atoms with van der Waals surface area (Å²) in [5.41, 5.74) is 1.50. The molecule has 0 spiro atoms. The Hall–Kier alpha value is -3.72. The Morgan fingerprint density at radius 1 is 1.03 bits per heavy atom. The molecule has 1 fully saturated rings. The zero-order valence-corrected chi connectivity index (χ0v) is 20.3. The molecular formula is C26H21BrF2N2O4. The largest absolute Gasteiger partial charge is 0.490 e. The average Bonchev–Trinajstić information content (AvgIpc) is 3.07. The van der Waals surface area contributed by atoms with E-state index in [-0.39, 0.29) is 30.2 Å². The third-order valence-corrected chi connectivity index (χ3v) is 5.75. The Bertz CT molecular complexity index is 1310. The van der Waals surface area contributed by atoms with E-state index in [1.807, 2.05) is 6.92 Å². The van der Waals surface area contributed by atoms with Crippen LogP contribution in [0.1, 0.15) is 23.6 Å². The van der Waals surface area contributed by atoms with Gasteiger partial charge in [0.2, 0.25) is 0 Å². The molecule has 0 unspecified atom stereocenters. The average molecular weight is 543 g/mol. The van der Waals surface area contributed by atoms with Gasteiger partial charge in [-0.15, -0.1) is 0 Å². The minimum absolute atomic E-state index is 0.0501. The summed E-state index contributed by atoms with van der Waals surface area (Å²) < 4.78 is 39.6. The number of amides is 3. The predicted octanol–water partition coefficient (Wildman–Crippen LogP) is 5.80. The number of rotatable bonds is 8. The Morgan fingerprint density at radius 3 is 2.57 bits per heavy atom. The summed E-state index contributed by atoms with van der Waals surface area (Å²) in [6.07, 6.45) is 1.51. The molecule has 0 aliphatic carbocycles. The molecule has 9 heteroatoms. The fraction of sp³-hybridized carbons (Fsp3) is 0.154. The highest BCUT2D eigenvalue weighted by Gasteiger charge is 2.34. The van der Waals surface area contributed by atoms with E-state index >= 15 is 0 Å². The molecule has 6 nitrogen and oxygen atoms in total. The molecule has 1 N–H and O–H groups in total. The summed E-state index contributed by atoms with van der Waals surface area (Å²) in [5.74, 6) is -0.598. The molecule has 0 aromatic heterocycles. The van der Waals surface area contributed by atoms with E-state index in [0.29, 0.717) is 33.7 Å². The van der Waals surface area contributed by atoms with E-state index < -0.39 is 17.8 Å². The van der Waals surface area contributed by atoms with Crippen LogP contribution in [0.5, 0.6) is 11.5 Å². The van der Waals surface area contributed by atoms with Crippen LogP contribution < -0.4 is 14.8 Å². The van der Waals surface area contributed by atoms with Gasteiger partial charge in [-0.05, 0) is 70.4 Å². The van der Waals surface area contributed by atoms with Crippen LogP contribution >= 0.6 is 15.9 Å². The number of nitrogens with zero attached hydrogens (tertiary/aromatic N) is 1. The molecule has 0 saturated carbocycles. The molecule has 0 atom stereocenters. The van der Waals surface area contributed by atoms with Gasteiger partial charge in [0.05, 0.1) is 17.6 Å². The smallest absolute Gasteiger partial charge is 0.329 e. The lowest BCUT2D eigenvalue weighted by Gasteiger charge is -2.15. The first kappa shape index (κ1) is 24.4. The minimum atomic E-state index is -0.636. The molecule has 4 rings (SSSR count). The maximum atomic E-state index is 14.0. The first-order chi connectivity index (χ1) is 16.9. The molecule has 0 bridgehead atoms. The highest BCUT2D eigenvalue weighted by Crippen LogP contribution is 2.38. The van der Waals surface area contributed by atoms with Crippen molar-refractivity contribution in [3.8, 4) is 11.5 Å². The summed E-state index contributed by atoms with van der Waals surface area (Å²) in [6, 6.07) is 14.8. The van der Waals surface area contributed by atoms with Crippen LogP contribution in [0.25, 0.3) is 6.08 Å². The molecule has 180 valence electrons. The first-order valence-electron chi connectivity index (χ1n) is 10.8. The lowest BCUT2D eigenvalue weighted by Crippen LogP contribution is -2.30. The summed E-state index contributed by atoms with van der Waals surface area (Å²) in [7, 11) is 0. The number of nitrogens with one attached hydrogen (secondary N) is 1. The van der Waals surface area contributed by atoms with Gasteiger partial charge in [0.15, 0.2) is 11.5 Å². The molecule has 1 heterocycles. The van der Waals surface area contributed by atoms with E-state index in [0.717, 1.165) is 4.90 Å². The van der Waals surface area contributed by atoms with E-state index in [1.165, 1.54) is 36.4 Å². The predicted molar refractivity (Wildman–Crippen MR) is 130 cm³/mol. The van der Waals surface area contributed by atoms with Gasteiger partial charge in [0.1, 0.15) is 23.9 Å². The normalized spacial score (nSPS) is 14.4. The third-order valence-electron chi connectivity index (χ3n) is 5.16. The Labute approximate surface area is 209 Å². The Balaban J connectivity index is 1.56. The van der Waals surface area contributed by atoms with Crippen molar-refractivity contribution in [2.45, 2.75) is 20.1 Å². The summed E-state index contributed by atoms with van der Waals surface area (Å²) in [6.45, 7) is 2.11. The number of benzene rings is 3. The fourth-order valence-corrected chi connectivity index (χ4v) is 4.11. The van der Waals surface area contributed by atoms with Gasteiger partial charge in [0, 0.05) is 5.56 Å². The zero-order chi connectivity index (χ0) is 24.9. The maximum absolute atomic E-state index is 14.0. The number of halogens is 3. The SMILES string of the molecule is CCOc1cc(/C=C2/NC(=O)N(Cc3ccccc3F)C2=O)cc(Br)c1OCc1cccc(F)c1. The highest BCUT2D eigenvalue weighted by atomic mass is 79.9. The van der Waals surface area contributed by atoms with Crippen molar-refractivity contribution in [1.29, 1.82) is 0 Å². The van der Waals surface area contributed by atoms with Gasteiger partial charge in [-0.2, -0.15) is 0 Å². The van der Waals surface area contributed by atoms with Crippen LogP contribution in [-0.2, 0) is 17.9 Å². The van der Waals surface area contributed by atoms with E-state index in [2.05, 4.69) is 21.2 Å². The minimum Gasteiger partial charge on any atom is -0.490 e. The molecule has 1 aliphatic rings. The van der Waals surface area contributed by atoms with Crippen LogP contribution in [0.2, 0.25) is 0 Å². The molecular weight excluding hydrogens is 522 g/mol. The van der Waals surface area contributed by atoms with Crippen molar-refractivity contribution in [1.82, 2.24) is 10.2 Å². The van der Waals surface area contributed by atoms with Crippen LogP contribution in [0.3, 0.4) is 0 Å². The number of hydrogen-bond donors (Lipinski definition) is 1. The van der Waals surface area contributed by atoms with Gasteiger partial charge in [-0.3, -0.25) is 9.69 Å². The monoisotopic (exact) mass is 542 g/mol. The number of hydrogen-bond acceptors (Lipinski definition) is 4. The van der Waals surface area contributed by atoms with Crippen LogP contribution in [0, 0.1) is 11.6 Å². The molecule has 1 aliphatic heterocycles. The molecule has 3 amide bonds. The molecule has 35 heavy (non-hydrogen) atoms. The first-order valence-corrected chi connectivity index (χ1v) is 11.6. The number of carbonyl (C=O) groups is 2. The Morgan fingerprint density at radius 2 is 1.83 bits per heavy atom. The second-order valence-electron chi connectivity index (χ2n) is 7.65. The van der Waals surface area contributed by atoms with Gasteiger partial charge < -0.3 is 14.8 Å². The van der Waals surface area contributed by atoms with Gasteiger partial charge in [-0.25, -0.2) is 13.6 Å². The van der Waals surface area contributed by atoms with Crippen LogP contribution in [-0.4, -0.2) is 23.4 Å². The van der Waals surface area contributed by atoms with Crippen LogP contribution in [0.4, 0.5) is 13.6 Å². The van der Waals surface area contributed by atoms with Gasteiger partial charge in [-0.1, -0.05) is 30.3 Å². The number of imide groups is 1. The van der Waals surface area contributed by atoms with Crippen molar-refractivity contribution in [2.24, 2.45) is 0 Å². The number of urea groups is 1. The molecule has 3 aromatic carbocycles. The number of carbonyl (C=O) groups excluding carboxylic acids is 2. The zero-order valence-electron chi connectivity index (χ0n) is 18.7. The van der Waals surface area contributed by atoms with Crippen molar-refractivity contribution < 1.29 is 27.8 Å². The molecule has 0 radical (unpaired) electrons. The van der Waals surface area contributed by atoms with Crippen molar-refractivity contribution >= 4 is 33.9 Å². The highest BCUT2D eigenvalue weighted by molar-refractivity contribution is 9.10. The van der Waals surface area contributed by atoms with E-state index in [9.17, 15) is 18.4 Å². The van der Waals surface area contributed by atoms with E-state index in [4.69, 9.17) is 9.47 Å². The summed E-state index contributed by atoms with van der Waals surface area (Å²) in [4.78, 5) is 26.2. The van der Waals surface area contributed by atoms with Gasteiger partial charge in [0.25, 0.3) is 5.91 Å². The number of ether oxygens (including phenoxy) is 2. The van der Waals surface area contributed by atoms with Crippen molar-refractivity contribution in [3.05, 3.63) is 99.2 Å². The van der Waals surface area contributed by atoms with E-state index in [1.54, 1.807) is 30.3 Å². The standard InChI is InChI=1S/C26H21BrF2N2O4/c1-2-34-23-13-17(11-20(27)24(23)35-15-16-6-5-8-19(28)10-16)12-22-25(32)31(26(33)30-22)14-18-7-3-4-9-21(18)29/h3-13H,2,14-15H2,1H3,(H,30,33)/b22-12+. The summed E-state index contributed by atoms with van der Waals surface area (Å²) >= 11 is 3.46. The maximum Gasteiger partial charge on any atom is 0.329 e. The third kappa shape index (κ3) is 5.68. The quantitative estimate of drug-likeness (QED) is 0.288.